The highest BCUT2D eigenvalue weighted by Crippen LogP contribution is 2.38. The second-order valence-corrected chi connectivity index (χ2v) is 3.37. The molecule has 6 heteroatoms. The van der Waals surface area contributed by atoms with Gasteiger partial charge in [-0.15, -0.1) is 0 Å². The fourth-order valence-electron chi connectivity index (χ4n) is 1.29. The van der Waals surface area contributed by atoms with Crippen LogP contribution in [0, 0.1) is 5.92 Å². The summed E-state index contributed by atoms with van der Waals surface area (Å²) >= 11 is 0. The molecule has 90 valence electrons. The summed E-state index contributed by atoms with van der Waals surface area (Å²) in [4.78, 5) is 0. The molecule has 1 atom stereocenters. The minimum Gasteiger partial charge on any atom is -0.336 e. The highest BCUT2D eigenvalue weighted by atomic mass is 19.4. The van der Waals surface area contributed by atoms with Crippen LogP contribution < -0.4 is 0 Å². The van der Waals surface area contributed by atoms with Crippen LogP contribution in [0.15, 0.2) is 30.3 Å². The summed E-state index contributed by atoms with van der Waals surface area (Å²) in [5.41, 5.74) is 0.0959. The van der Waals surface area contributed by atoms with Crippen LogP contribution in [0.1, 0.15) is 5.56 Å². The van der Waals surface area contributed by atoms with Crippen LogP contribution in [0.4, 0.5) is 22.0 Å². The average Bonchev–Trinajstić information content (AvgIpc) is 2.12. The number of rotatable bonds is 3. The Bertz CT molecular complexity index is 313. The quantitative estimate of drug-likeness (QED) is 0.805. The van der Waals surface area contributed by atoms with Gasteiger partial charge in [-0.1, -0.05) is 30.3 Å². The molecule has 1 aromatic carbocycles. The first-order valence-electron chi connectivity index (χ1n) is 4.42. The van der Waals surface area contributed by atoms with Gasteiger partial charge in [0.15, 0.2) is 0 Å². The SMILES string of the molecule is OC(F)(F)C(Cc1ccccc1)C(F)(F)F. The van der Waals surface area contributed by atoms with Crippen molar-refractivity contribution < 1.29 is 27.1 Å². The fraction of sp³-hybridized carbons (Fsp3) is 0.400. The lowest BCUT2D eigenvalue weighted by atomic mass is 9.98. The molecule has 0 saturated heterocycles. The summed E-state index contributed by atoms with van der Waals surface area (Å²) in [5, 5.41) is 8.22. The molecule has 0 aliphatic rings. The van der Waals surface area contributed by atoms with Crippen molar-refractivity contribution in [2.24, 2.45) is 5.92 Å². The topological polar surface area (TPSA) is 20.2 Å². The predicted molar refractivity (Wildman–Crippen MR) is 46.9 cm³/mol. The summed E-state index contributed by atoms with van der Waals surface area (Å²) in [6.07, 6.45) is -10.9. The molecular weight excluding hydrogens is 231 g/mol. The van der Waals surface area contributed by atoms with Crippen molar-refractivity contribution in [2.45, 2.75) is 18.7 Å². The van der Waals surface area contributed by atoms with Gasteiger partial charge in [0.2, 0.25) is 0 Å². The van der Waals surface area contributed by atoms with E-state index < -0.39 is 24.6 Å². The van der Waals surface area contributed by atoms with Crippen LogP contribution in [0.25, 0.3) is 0 Å². The molecule has 0 bridgehead atoms. The number of alkyl halides is 5. The van der Waals surface area contributed by atoms with Crippen molar-refractivity contribution >= 4 is 0 Å². The summed E-state index contributed by atoms with van der Waals surface area (Å²) in [5.74, 6) is -3.08. The minimum absolute atomic E-state index is 0.0959. The number of hydrogen-bond acceptors (Lipinski definition) is 1. The van der Waals surface area contributed by atoms with E-state index in [1.54, 1.807) is 6.07 Å². The molecule has 1 nitrogen and oxygen atoms in total. The second-order valence-electron chi connectivity index (χ2n) is 3.37. The molecule has 0 amide bonds. The van der Waals surface area contributed by atoms with Crippen molar-refractivity contribution in [3.05, 3.63) is 35.9 Å². The summed E-state index contributed by atoms with van der Waals surface area (Å²) < 4.78 is 61.6. The van der Waals surface area contributed by atoms with Gasteiger partial charge in [0.1, 0.15) is 5.92 Å². The highest BCUT2D eigenvalue weighted by molar-refractivity contribution is 5.15. The zero-order valence-electron chi connectivity index (χ0n) is 8.01. The summed E-state index contributed by atoms with van der Waals surface area (Å²) in [7, 11) is 0. The summed E-state index contributed by atoms with van der Waals surface area (Å²) in [6.45, 7) is 0. The van der Waals surface area contributed by atoms with Gasteiger partial charge < -0.3 is 5.11 Å². The van der Waals surface area contributed by atoms with E-state index in [-0.39, 0.29) is 5.56 Å². The third kappa shape index (κ3) is 3.44. The fourth-order valence-corrected chi connectivity index (χ4v) is 1.29. The Kier molecular flexibility index (Phi) is 3.52. The standard InChI is InChI=1S/C10H9F5O/c11-9(12,13)8(10(14,15)16)6-7-4-2-1-3-5-7/h1-5,8,16H,6H2. The Balaban J connectivity index is 2.89. The maximum atomic E-state index is 12.4. The molecule has 16 heavy (non-hydrogen) atoms. The maximum Gasteiger partial charge on any atom is 0.400 e. The van der Waals surface area contributed by atoms with E-state index in [9.17, 15) is 22.0 Å². The monoisotopic (exact) mass is 240 g/mol. The lowest BCUT2D eigenvalue weighted by Crippen LogP contribution is -2.40. The molecule has 1 aromatic rings. The number of aliphatic hydroxyl groups is 1. The van der Waals surface area contributed by atoms with Crippen molar-refractivity contribution in [2.75, 3.05) is 0 Å². The van der Waals surface area contributed by atoms with Gasteiger partial charge in [-0.05, 0) is 12.0 Å². The second kappa shape index (κ2) is 4.37. The minimum atomic E-state index is -5.14. The lowest BCUT2D eigenvalue weighted by Gasteiger charge is -2.24. The van der Waals surface area contributed by atoms with E-state index in [2.05, 4.69) is 0 Å². The zero-order chi connectivity index (χ0) is 12.4. The van der Waals surface area contributed by atoms with Crippen LogP contribution in [0.5, 0.6) is 0 Å². The van der Waals surface area contributed by atoms with E-state index in [1.807, 2.05) is 0 Å². The Hall–Kier alpha value is -1.17. The van der Waals surface area contributed by atoms with Crippen LogP contribution in [0.3, 0.4) is 0 Å². The maximum absolute atomic E-state index is 12.4. The van der Waals surface area contributed by atoms with Gasteiger partial charge >= 0.3 is 12.3 Å². The molecule has 1 N–H and O–H groups in total. The van der Waals surface area contributed by atoms with Gasteiger partial charge in [0, 0.05) is 0 Å². The Labute approximate surface area is 88.5 Å². The Morgan fingerprint density at radius 3 is 1.88 bits per heavy atom. The largest absolute Gasteiger partial charge is 0.400 e. The van der Waals surface area contributed by atoms with Gasteiger partial charge in [-0.25, -0.2) is 0 Å². The molecule has 0 heterocycles. The highest BCUT2D eigenvalue weighted by Gasteiger charge is 2.54. The van der Waals surface area contributed by atoms with Crippen molar-refractivity contribution in [1.82, 2.24) is 0 Å². The number of benzene rings is 1. The molecule has 0 radical (unpaired) electrons. The van der Waals surface area contributed by atoms with Crippen molar-refractivity contribution in [3.63, 3.8) is 0 Å². The van der Waals surface area contributed by atoms with E-state index in [4.69, 9.17) is 5.11 Å². The number of hydrogen-bond donors (Lipinski definition) is 1. The average molecular weight is 240 g/mol. The van der Waals surface area contributed by atoms with Crippen LogP contribution >= 0.6 is 0 Å². The van der Waals surface area contributed by atoms with Gasteiger partial charge in [-0.2, -0.15) is 22.0 Å². The first-order valence-corrected chi connectivity index (χ1v) is 4.42. The van der Waals surface area contributed by atoms with E-state index in [0.717, 1.165) is 0 Å². The van der Waals surface area contributed by atoms with Crippen molar-refractivity contribution in [3.8, 4) is 0 Å². The van der Waals surface area contributed by atoms with Crippen LogP contribution in [0.2, 0.25) is 0 Å². The van der Waals surface area contributed by atoms with Gasteiger partial charge in [0.25, 0.3) is 0 Å². The first kappa shape index (κ1) is 12.9. The van der Waals surface area contributed by atoms with E-state index >= 15 is 0 Å². The molecule has 0 aromatic heterocycles. The molecular formula is C10H9F5O. The molecule has 1 rings (SSSR count). The normalized spacial score (nSPS) is 14.9. The molecule has 1 unspecified atom stereocenters. The van der Waals surface area contributed by atoms with Crippen molar-refractivity contribution in [1.29, 1.82) is 0 Å². The third-order valence-electron chi connectivity index (χ3n) is 2.10. The van der Waals surface area contributed by atoms with E-state index in [1.165, 1.54) is 24.3 Å². The first-order chi connectivity index (χ1) is 7.21. The number of halogens is 5. The molecule has 0 aliphatic carbocycles. The zero-order valence-corrected chi connectivity index (χ0v) is 8.01. The Morgan fingerprint density at radius 1 is 1.00 bits per heavy atom. The summed E-state index contributed by atoms with van der Waals surface area (Å²) in [6, 6.07) is 7.04. The predicted octanol–water partition coefficient (Wildman–Crippen LogP) is 2.99. The van der Waals surface area contributed by atoms with Crippen LogP contribution in [-0.2, 0) is 6.42 Å². The molecule has 0 spiro atoms. The molecule has 0 saturated carbocycles. The van der Waals surface area contributed by atoms with E-state index in [0.29, 0.717) is 0 Å². The third-order valence-corrected chi connectivity index (χ3v) is 2.10. The Morgan fingerprint density at radius 2 is 1.50 bits per heavy atom. The molecule has 0 fully saturated rings. The molecule has 0 aliphatic heterocycles. The van der Waals surface area contributed by atoms with Gasteiger partial charge in [0.05, 0.1) is 0 Å². The van der Waals surface area contributed by atoms with Gasteiger partial charge in [-0.3, -0.25) is 0 Å². The smallest absolute Gasteiger partial charge is 0.336 e. The van der Waals surface area contributed by atoms with Crippen LogP contribution in [-0.4, -0.2) is 17.4 Å². The lowest BCUT2D eigenvalue weighted by molar-refractivity contribution is -0.316.